The fourth-order valence-electron chi connectivity index (χ4n) is 2.93. The van der Waals surface area contributed by atoms with Crippen molar-refractivity contribution in [2.75, 3.05) is 19.6 Å². The molecular formula is C13H25NO. The highest BCUT2D eigenvalue weighted by atomic mass is 16.3. The molecule has 2 aliphatic rings. The number of likely N-dealkylation sites (tertiary alicyclic amines) is 1. The van der Waals surface area contributed by atoms with Crippen LogP contribution in [0.3, 0.4) is 0 Å². The van der Waals surface area contributed by atoms with Crippen LogP contribution in [0.15, 0.2) is 0 Å². The summed E-state index contributed by atoms with van der Waals surface area (Å²) >= 11 is 0. The van der Waals surface area contributed by atoms with E-state index in [9.17, 15) is 5.11 Å². The largest absolute Gasteiger partial charge is 0.390 e. The Morgan fingerprint density at radius 3 is 2.60 bits per heavy atom. The summed E-state index contributed by atoms with van der Waals surface area (Å²) in [6, 6.07) is 0. The first-order valence-electron chi connectivity index (χ1n) is 6.55. The highest BCUT2D eigenvalue weighted by molar-refractivity contribution is 4.96. The van der Waals surface area contributed by atoms with E-state index >= 15 is 0 Å². The van der Waals surface area contributed by atoms with Crippen molar-refractivity contribution in [2.24, 2.45) is 11.8 Å². The van der Waals surface area contributed by atoms with Crippen LogP contribution in [-0.4, -0.2) is 35.2 Å². The molecule has 1 saturated heterocycles. The van der Waals surface area contributed by atoms with Gasteiger partial charge in [-0.1, -0.05) is 13.8 Å². The van der Waals surface area contributed by atoms with E-state index in [1.54, 1.807) is 0 Å². The molecule has 1 N–H and O–H groups in total. The van der Waals surface area contributed by atoms with Gasteiger partial charge in [0.25, 0.3) is 0 Å². The predicted octanol–water partition coefficient (Wildman–Crippen LogP) is 2.27. The van der Waals surface area contributed by atoms with E-state index in [0.717, 1.165) is 25.3 Å². The van der Waals surface area contributed by atoms with Gasteiger partial charge in [0.2, 0.25) is 0 Å². The van der Waals surface area contributed by atoms with E-state index in [1.807, 2.05) is 0 Å². The lowest BCUT2D eigenvalue weighted by molar-refractivity contribution is 0.00317. The number of hydrogen-bond donors (Lipinski definition) is 1. The van der Waals surface area contributed by atoms with Crippen molar-refractivity contribution in [1.82, 2.24) is 4.90 Å². The SMILES string of the molecule is CC(C)CN1CCCC(O)(C2CC2)CC1. The monoisotopic (exact) mass is 211 g/mol. The molecule has 1 aliphatic carbocycles. The summed E-state index contributed by atoms with van der Waals surface area (Å²) in [5.74, 6) is 1.38. The Morgan fingerprint density at radius 1 is 1.27 bits per heavy atom. The van der Waals surface area contributed by atoms with E-state index in [4.69, 9.17) is 0 Å². The van der Waals surface area contributed by atoms with Crippen LogP contribution in [-0.2, 0) is 0 Å². The summed E-state index contributed by atoms with van der Waals surface area (Å²) in [5, 5.41) is 10.5. The van der Waals surface area contributed by atoms with Crippen LogP contribution in [0, 0.1) is 11.8 Å². The van der Waals surface area contributed by atoms with Crippen molar-refractivity contribution in [3.8, 4) is 0 Å². The van der Waals surface area contributed by atoms with Gasteiger partial charge in [0, 0.05) is 13.1 Å². The molecule has 2 heteroatoms. The molecule has 1 saturated carbocycles. The van der Waals surface area contributed by atoms with Crippen LogP contribution in [0.1, 0.15) is 46.0 Å². The van der Waals surface area contributed by atoms with Crippen LogP contribution < -0.4 is 0 Å². The van der Waals surface area contributed by atoms with E-state index in [0.29, 0.717) is 5.92 Å². The molecule has 0 radical (unpaired) electrons. The maximum absolute atomic E-state index is 10.5. The minimum absolute atomic E-state index is 0.300. The van der Waals surface area contributed by atoms with Crippen LogP contribution in [0.2, 0.25) is 0 Å². The lowest BCUT2D eigenvalue weighted by atomic mass is 9.90. The summed E-state index contributed by atoms with van der Waals surface area (Å²) in [6.45, 7) is 8.04. The van der Waals surface area contributed by atoms with Crippen molar-refractivity contribution in [3.63, 3.8) is 0 Å². The Bertz CT molecular complexity index is 213. The van der Waals surface area contributed by atoms with Gasteiger partial charge in [-0.25, -0.2) is 0 Å². The summed E-state index contributed by atoms with van der Waals surface area (Å²) in [6.07, 6.45) is 5.75. The second-order valence-corrected chi connectivity index (χ2v) is 5.93. The molecule has 1 aliphatic heterocycles. The molecule has 1 unspecified atom stereocenters. The third-order valence-electron chi connectivity index (χ3n) is 3.91. The number of hydrogen-bond acceptors (Lipinski definition) is 2. The molecule has 0 aromatic rings. The summed E-state index contributed by atoms with van der Waals surface area (Å²) in [5.41, 5.74) is -0.300. The van der Waals surface area contributed by atoms with Crippen LogP contribution in [0.5, 0.6) is 0 Å². The molecule has 88 valence electrons. The number of rotatable bonds is 3. The van der Waals surface area contributed by atoms with Crippen molar-refractivity contribution in [1.29, 1.82) is 0 Å². The third-order valence-corrected chi connectivity index (χ3v) is 3.91. The fraction of sp³-hybridized carbons (Fsp3) is 1.00. The molecule has 0 amide bonds. The van der Waals surface area contributed by atoms with Gasteiger partial charge in [0.05, 0.1) is 5.60 Å². The average Bonchev–Trinajstić information content (AvgIpc) is 2.93. The predicted molar refractivity (Wildman–Crippen MR) is 62.8 cm³/mol. The maximum atomic E-state index is 10.5. The van der Waals surface area contributed by atoms with E-state index in [-0.39, 0.29) is 5.60 Å². The topological polar surface area (TPSA) is 23.5 Å². The lowest BCUT2D eigenvalue weighted by Crippen LogP contribution is -2.34. The zero-order valence-electron chi connectivity index (χ0n) is 10.2. The van der Waals surface area contributed by atoms with Gasteiger partial charge in [0.1, 0.15) is 0 Å². The second-order valence-electron chi connectivity index (χ2n) is 5.93. The zero-order valence-corrected chi connectivity index (χ0v) is 10.2. The lowest BCUT2D eigenvalue weighted by Gasteiger charge is -2.27. The minimum atomic E-state index is -0.300. The van der Waals surface area contributed by atoms with Gasteiger partial charge >= 0.3 is 0 Å². The Morgan fingerprint density at radius 2 is 2.00 bits per heavy atom. The first kappa shape index (κ1) is 11.4. The summed E-state index contributed by atoms with van der Waals surface area (Å²) in [4.78, 5) is 2.53. The molecule has 2 fully saturated rings. The first-order valence-corrected chi connectivity index (χ1v) is 6.55. The molecule has 0 spiro atoms. The average molecular weight is 211 g/mol. The second kappa shape index (κ2) is 4.42. The molecule has 1 atom stereocenters. The van der Waals surface area contributed by atoms with E-state index < -0.39 is 0 Å². The van der Waals surface area contributed by atoms with Crippen molar-refractivity contribution in [2.45, 2.75) is 51.6 Å². The number of nitrogens with zero attached hydrogens (tertiary/aromatic N) is 1. The van der Waals surface area contributed by atoms with Crippen molar-refractivity contribution < 1.29 is 5.11 Å². The summed E-state index contributed by atoms with van der Waals surface area (Å²) < 4.78 is 0. The van der Waals surface area contributed by atoms with Crippen LogP contribution in [0.25, 0.3) is 0 Å². The van der Waals surface area contributed by atoms with Crippen LogP contribution in [0.4, 0.5) is 0 Å². The highest BCUT2D eigenvalue weighted by Crippen LogP contribution is 2.44. The van der Waals surface area contributed by atoms with Gasteiger partial charge in [-0.15, -0.1) is 0 Å². The third kappa shape index (κ3) is 2.94. The molecule has 2 rings (SSSR count). The molecule has 0 aromatic carbocycles. The number of aliphatic hydroxyl groups is 1. The van der Waals surface area contributed by atoms with E-state index in [2.05, 4.69) is 18.7 Å². The molecule has 1 heterocycles. The zero-order chi connectivity index (χ0) is 10.9. The first-order chi connectivity index (χ1) is 7.10. The fourth-order valence-corrected chi connectivity index (χ4v) is 2.93. The minimum Gasteiger partial charge on any atom is -0.390 e. The standard InChI is InChI=1S/C13H25NO/c1-11(2)10-14-8-3-6-13(15,7-9-14)12-4-5-12/h11-12,15H,3-10H2,1-2H3. The smallest absolute Gasteiger partial charge is 0.0688 e. The van der Waals surface area contributed by atoms with Gasteiger partial charge in [-0.05, 0) is 50.5 Å². The Kier molecular flexibility index (Phi) is 3.36. The molecule has 0 aromatic heterocycles. The molecule has 0 bridgehead atoms. The maximum Gasteiger partial charge on any atom is 0.0688 e. The van der Waals surface area contributed by atoms with Gasteiger partial charge in [-0.2, -0.15) is 0 Å². The van der Waals surface area contributed by atoms with Gasteiger partial charge in [0.15, 0.2) is 0 Å². The Labute approximate surface area is 93.7 Å². The Balaban J connectivity index is 1.85. The van der Waals surface area contributed by atoms with Gasteiger partial charge in [-0.3, -0.25) is 0 Å². The molecular weight excluding hydrogens is 186 g/mol. The molecule has 15 heavy (non-hydrogen) atoms. The van der Waals surface area contributed by atoms with Crippen molar-refractivity contribution >= 4 is 0 Å². The van der Waals surface area contributed by atoms with E-state index in [1.165, 1.54) is 32.4 Å². The molecule has 2 nitrogen and oxygen atoms in total. The highest BCUT2D eigenvalue weighted by Gasteiger charge is 2.43. The summed E-state index contributed by atoms with van der Waals surface area (Å²) in [7, 11) is 0. The van der Waals surface area contributed by atoms with Gasteiger partial charge < -0.3 is 10.0 Å². The van der Waals surface area contributed by atoms with Crippen LogP contribution >= 0.6 is 0 Å². The quantitative estimate of drug-likeness (QED) is 0.774. The van der Waals surface area contributed by atoms with Crippen molar-refractivity contribution in [3.05, 3.63) is 0 Å². The normalized spacial score (nSPS) is 34.4. The Hall–Kier alpha value is -0.0800.